The van der Waals surface area contributed by atoms with Gasteiger partial charge in [-0.1, -0.05) is 26.5 Å². The summed E-state index contributed by atoms with van der Waals surface area (Å²) in [6, 6.07) is 1.75. The highest BCUT2D eigenvalue weighted by molar-refractivity contribution is 9.10. The van der Waals surface area contributed by atoms with Crippen LogP contribution in [0.1, 0.15) is 25.6 Å². The molecule has 0 amide bonds. The summed E-state index contributed by atoms with van der Waals surface area (Å²) in [6.45, 7) is 8.12. The van der Waals surface area contributed by atoms with Gasteiger partial charge in [-0.15, -0.1) is 0 Å². The minimum absolute atomic E-state index is 0.290. The summed E-state index contributed by atoms with van der Waals surface area (Å²) in [5, 5.41) is 0. The molecule has 0 unspecified atom stereocenters. The highest BCUT2D eigenvalue weighted by Crippen LogP contribution is 2.18. The molecule has 0 saturated carbocycles. The topological polar surface area (TPSA) is 35.0 Å². The number of nitrogens with zero attached hydrogens (tertiary/aromatic N) is 2. The van der Waals surface area contributed by atoms with E-state index < -0.39 is 0 Å². The third kappa shape index (κ3) is 3.10. The second-order valence-electron chi connectivity index (χ2n) is 3.14. The van der Waals surface area contributed by atoms with Crippen LogP contribution < -0.4 is 4.74 Å². The normalized spacial score (nSPS) is 10.3. The standard InChI is InChI=1S/C10H13BrN2O/c1-4-5-14-9-6-8(11)12-10(13-9)7(2)3/h4,6-7H,1,5H2,2-3H3. The predicted molar refractivity (Wildman–Crippen MR) is 59.5 cm³/mol. The van der Waals surface area contributed by atoms with E-state index in [0.29, 0.717) is 18.4 Å². The van der Waals surface area contributed by atoms with Crippen molar-refractivity contribution >= 4 is 15.9 Å². The summed E-state index contributed by atoms with van der Waals surface area (Å²) in [5.41, 5.74) is 0. The van der Waals surface area contributed by atoms with Crippen molar-refractivity contribution in [2.45, 2.75) is 19.8 Å². The van der Waals surface area contributed by atoms with Gasteiger partial charge in [-0.25, -0.2) is 4.98 Å². The van der Waals surface area contributed by atoms with Crippen molar-refractivity contribution in [2.75, 3.05) is 6.61 Å². The Morgan fingerprint density at radius 2 is 2.29 bits per heavy atom. The largest absolute Gasteiger partial charge is 0.473 e. The van der Waals surface area contributed by atoms with Gasteiger partial charge in [-0.05, 0) is 15.9 Å². The Morgan fingerprint density at radius 3 is 2.86 bits per heavy atom. The first-order valence-electron chi connectivity index (χ1n) is 4.41. The molecule has 0 aliphatic rings. The smallest absolute Gasteiger partial charge is 0.218 e. The first-order chi connectivity index (χ1) is 6.63. The highest BCUT2D eigenvalue weighted by atomic mass is 79.9. The van der Waals surface area contributed by atoms with Crippen LogP contribution in [0, 0.1) is 0 Å². The maximum absolute atomic E-state index is 5.33. The summed E-state index contributed by atoms with van der Waals surface area (Å²) in [5.74, 6) is 1.65. The van der Waals surface area contributed by atoms with Gasteiger partial charge in [0.25, 0.3) is 0 Å². The van der Waals surface area contributed by atoms with E-state index in [0.717, 1.165) is 10.4 Å². The number of hydrogen-bond donors (Lipinski definition) is 0. The molecule has 1 heterocycles. The van der Waals surface area contributed by atoms with E-state index in [4.69, 9.17) is 4.74 Å². The summed E-state index contributed by atoms with van der Waals surface area (Å²) >= 11 is 3.32. The van der Waals surface area contributed by atoms with Gasteiger partial charge in [0, 0.05) is 12.0 Å². The fourth-order valence-corrected chi connectivity index (χ4v) is 1.27. The molecular weight excluding hydrogens is 244 g/mol. The number of aromatic nitrogens is 2. The number of hydrogen-bond acceptors (Lipinski definition) is 3. The Balaban J connectivity index is 2.89. The van der Waals surface area contributed by atoms with Gasteiger partial charge in [-0.3, -0.25) is 0 Å². The van der Waals surface area contributed by atoms with E-state index in [2.05, 4.69) is 32.5 Å². The van der Waals surface area contributed by atoms with Gasteiger partial charge < -0.3 is 4.74 Å². The summed E-state index contributed by atoms with van der Waals surface area (Å²) < 4.78 is 6.07. The van der Waals surface area contributed by atoms with Gasteiger partial charge >= 0.3 is 0 Å². The van der Waals surface area contributed by atoms with Crippen molar-refractivity contribution in [3.05, 3.63) is 29.1 Å². The van der Waals surface area contributed by atoms with Crippen molar-refractivity contribution in [1.82, 2.24) is 9.97 Å². The van der Waals surface area contributed by atoms with E-state index >= 15 is 0 Å². The Morgan fingerprint density at radius 1 is 1.57 bits per heavy atom. The van der Waals surface area contributed by atoms with Gasteiger partial charge in [-0.2, -0.15) is 4.98 Å². The van der Waals surface area contributed by atoms with Crippen LogP contribution in [0.4, 0.5) is 0 Å². The molecule has 1 aromatic rings. The van der Waals surface area contributed by atoms with Crippen LogP contribution in [0.15, 0.2) is 23.3 Å². The molecule has 4 heteroatoms. The molecule has 0 bridgehead atoms. The fourth-order valence-electron chi connectivity index (χ4n) is 0.890. The molecule has 0 fully saturated rings. The van der Waals surface area contributed by atoms with E-state index in [-0.39, 0.29) is 0 Å². The van der Waals surface area contributed by atoms with Crippen LogP contribution in [-0.2, 0) is 0 Å². The molecule has 0 spiro atoms. The first-order valence-corrected chi connectivity index (χ1v) is 5.21. The molecule has 0 radical (unpaired) electrons. The SMILES string of the molecule is C=CCOc1cc(Br)nc(C(C)C)n1. The monoisotopic (exact) mass is 256 g/mol. The second kappa shape index (κ2) is 5.10. The molecule has 0 aliphatic heterocycles. The van der Waals surface area contributed by atoms with Crippen LogP contribution in [-0.4, -0.2) is 16.6 Å². The second-order valence-corrected chi connectivity index (χ2v) is 3.95. The van der Waals surface area contributed by atoms with Crippen LogP contribution in [0.5, 0.6) is 5.88 Å². The van der Waals surface area contributed by atoms with Crippen molar-refractivity contribution in [3.63, 3.8) is 0 Å². The molecule has 76 valence electrons. The molecule has 0 aliphatic carbocycles. The minimum Gasteiger partial charge on any atom is -0.473 e. The van der Waals surface area contributed by atoms with Gasteiger partial charge in [0.1, 0.15) is 17.0 Å². The van der Waals surface area contributed by atoms with E-state index in [1.54, 1.807) is 12.1 Å². The van der Waals surface area contributed by atoms with Crippen molar-refractivity contribution < 1.29 is 4.74 Å². The zero-order valence-corrected chi connectivity index (χ0v) is 9.91. The maximum atomic E-state index is 5.33. The van der Waals surface area contributed by atoms with Crippen LogP contribution in [0.2, 0.25) is 0 Å². The predicted octanol–water partition coefficient (Wildman–Crippen LogP) is 2.93. The van der Waals surface area contributed by atoms with Crippen molar-refractivity contribution in [3.8, 4) is 5.88 Å². The van der Waals surface area contributed by atoms with Crippen molar-refractivity contribution in [2.24, 2.45) is 0 Å². The first kappa shape index (κ1) is 11.2. The number of ether oxygens (including phenoxy) is 1. The Bertz CT molecular complexity index is 326. The lowest BCUT2D eigenvalue weighted by Gasteiger charge is -2.07. The average Bonchev–Trinajstić information content (AvgIpc) is 2.14. The van der Waals surface area contributed by atoms with Gasteiger partial charge in [0.15, 0.2) is 0 Å². The zero-order chi connectivity index (χ0) is 10.6. The molecule has 3 nitrogen and oxygen atoms in total. The molecular formula is C10H13BrN2O. The quantitative estimate of drug-likeness (QED) is 0.614. The number of rotatable bonds is 4. The summed E-state index contributed by atoms with van der Waals surface area (Å²) in [6.07, 6.45) is 1.69. The summed E-state index contributed by atoms with van der Waals surface area (Å²) in [4.78, 5) is 8.50. The minimum atomic E-state index is 0.290. The van der Waals surface area contributed by atoms with Crippen molar-refractivity contribution in [1.29, 1.82) is 0 Å². The lowest BCUT2D eigenvalue weighted by Crippen LogP contribution is -2.02. The molecule has 0 aromatic carbocycles. The lowest BCUT2D eigenvalue weighted by atomic mass is 10.2. The van der Waals surface area contributed by atoms with Crippen LogP contribution >= 0.6 is 15.9 Å². The van der Waals surface area contributed by atoms with E-state index in [1.165, 1.54) is 0 Å². The zero-order valence-electron chi connectivity index (χ0n) is 8.33. The third-order valence-electron chi connectivity index (χ3n) is 1.55. The molecule has 0 atom stereocenters. The third-order valence-corrected chi connectivity index (χ3v) is 1.96. The van der Waals surface area contributed by atoms with E-state index in [9.17, 15) is 0 Å². The average molecular weight is 257 g/mol. The number of halogens is 1. The lowest BCUT2D eigenvalue weighted by molar-refractivity contribution is 0.345. The maximum Gasteiger partial charge on any atom is 0.218 e. The Labute approximate surface area is 92.4 Å². The van der Waals surface area contributed by atoms with Gasteiger partial charge in [0.2, 0.25) is 5.88 Å². The van der Waals surface area contributed by atoms with Crippen LogP contribution in [0.3, 0.4) is 0 Å². The Hall–Kier alpha value is -0.900. The fraction of sp³-hybridized carbons (Fsp3) is 0.400. The molecule has 14 heavy (non-hydrogen) atoms. The molecule has 1 rings (SSSR count). The highest BCUT2D eigenvalue weighted by Gasteiger charge is 2.06. The molecule has 1 aromatic heterocycles. The summed E-state index contributed by atoms with van der Waals surface area (Å²) in [7, 11) is 0. The Kier molecular flexibility index (Phi) is 4.07. The van der Waals surface area contributed by atoms with Gasteiger partial charge in [0.05, 0.1) is 0 Å². The molecule has 0 saturated heterocycles. The van der Waals surface area contributed by atoms with Crippen LogP contribution in [0.25, 0.3) is 0 Å². The molecule has 0 N–H and O–H groups in total. The van der Waals surface area contributed by atoms with E-state index in [1.807, 2.05) is 13.8 Å².